The van der Waals surface area contributed by atoms with E-state index in [1.54, 1.807) is 0 Å². The largest absolute Gasteiger partial charge is 0.458 e. The molecule has 466 valence electrons. The third kappa shape index (κ3) is 8.69. The molecular formula is C94H62B2N2O2. The topological polar surface area (TPSA) is 28.3 Å². The Bertz CT molecular complexity index is 6310. The van der Waals surface area contributed by atoms with E-state index >= 15 is 0 Å². The number of nitrogens with zero attached hydrogens (tertiary/aromatic N) is 2. The van der Waals surface area contributed by atoms with Crippen LogP contribution in [0.25, 0.3) is 133 Å². The van der Waals surface area contributed by atoms with Gasteiger partial charge in [-0.2, -0.15) is 0 Å². The molecule has 0 radical (unpaired) electrons. The minimum absolute atomic E-state index is 0.0945. The highest BCUT2D eigenvalue weighted by Crippen LogP contribution is 2.46. The van der Waals surface area contributed by atoms with E-state index in [4.69, 9.17) is 9.47 Å². The van der Waals surface area contributed by atoms with Crippen molar-refractivity contribution in [3.63, 3.8) is 0 Å². The van der Waals surface area contributed by atoms with Gasteiger partial charge >= 0.3 is 0 Å². The molecule has 0 bridgehead atoms. The van der Waals surface area contributed by atoms with Gasteiger partial charge in [-0.1, -0.05) is 242 Å². The lowest BCUT2D eigenvalue weighted by atomic mass is 9.34. The number of hydrogen-bond donors (Lipinski definition) is 0. The van der Waals surface area contributed by atoms with Gasteiger partial charge < -0.3 is 18.6 Å². The van der Waals surface area contributed by atoms with Gasteiger partial charge in [0.2, 0.25) is 0 Å². The third-order valence-corrected chi connectivity index (χ3v) is 22.0. The first kappa shape index (κ1) is 56.8. The zero-order valence-electron chi connectivity index (χ0n) is 55.5. The fraction of sp³-hybridized carbons (Fsp3) is 0.0426. The van der Waals surface area contributed by atoms with E-state index in [1.807, 2.05) is 0 Å². The Morgan fingerprint density at radius 2 is 0.660 bits per heavy atom. The molecule has 4 aliphatic rings. The van der Waals surface area contributed by atoms with Crippen LogP contribution in [-0.4, -0.2) is 22.6 Å². The van der Waals surface area contributed by atoms with Crippen LogP contribution in [-0.2, 0) is 6.42 Å². The molecule has 2 aromatic heterocycles. The van der Waals surface area contributed by atoms with Gasteiger partial charge in [0, 0.05) is 44.0 Å². The van der Waals surface area contributed by atoms with Crippen molar-refractivity contribution in [3.8, 4) is 112 Å². The van der Waals surface area contributed by atoms with Gasteiger partial charge in [0.1, 0.15) is 23.0 Å². The number of rotatable bonds is 9. The molecule has 6 heterocycles. The SMILES string of the molecule is Cc1cc(C)c(-c2cc3c4c(c2)-n2c5ccc(-c6ccccc6)cc5c5cc(-c6ccccc6)cc(c52)B4c2cc(-c4cccc(Cc5cc6c7c(c5)-n5c8ccc(-c9ccccc9)cc8c8cc(-c9ccccc9)cc(c85)B7c5cc(-c7ccccc7)ccc5O6)c4)ccc2O3)c(C)c1. The zero-order chi connectivity index (χ0) is 66.0. The van der Waals surface area contributed by atoms with Crippen LogP contribution in [0.5, 0.6) is 23.0 Å². The van der Waals surface area contributed by atoms with E-state index < -0.39 is 0 Å². The van der Waals surface area contributed by atoms with Gasteiger partial charge in [-0.15, -0.1) is 0 Å². The first-order valence-corrected chi connectivity index (χ1v) is 34.9. The minimum atomic E-state index is -0.134. The molecule has 6 heteroatoms. The van der Waals surface area contributed by atoms with Crippen LogP contribution in [0.1, 0.15) is 27.8 Å². The van der Waals surface area contributed by atoms with E-state index in [2.05, 4.69) is 339 Å². The van der Waals surface area contributed by atoms with Gasteiger partial charge in [-0.3, -0.25) is 0 Å². The molecule has 17 aromatic rings. The number of benzene rings is 15. The van der Waals surface area contributed by atoms with Crippen molar-refractivity contribution < 1.29 is 9.47 Å². The summed E-state index contributed by atoms with van der Waals surface area (Å²) in [7, 11) is 0. The van der Waals surface area contributed by atoms with Crippen LogP contribution in [0.15, 0.2) is 309 Å². The highest BCUT2D eigenvalue weighted by atomic mass is 16.5. The van der Waals surface area contributed by atoms with E-state index in [9.17, 15) is 0 Å². The van der Waals surface area contributed by atoms with Crippen LogP contribution in [0.2, 0.25) is 0 Å². The first-order valence-electron chi connectivity index (χ1n) is 34.9. The van der Waals surface area contributed by atoms with Crippen molar-refractivity contribution >= 4 is 89.8 Å². The molecule has 0 atom stereocenters. The Labute approximate surface area is 581 Å². The van der Waals surface area contributed by atoms with Crippen molar-refractivity contribution in [2.24, 2.45) is 0 Å². The summed E-state index contributed by atoms with van der Waals surface area (Å²) < 4.78 is 19.8. The Hall–Kier alpha value is -12.4. The van der Waals surface area contributed by atoms with Crippen molar-refractivity contribution in [2.45, 2.75) is 27.2 Å². The fourth-order valence-corrected chi connectivity index (χ4v) is 17.8. The molecule has 21 rings (SSSR count). The average molecular weight is 1270 g/mol. The summed E-state index contributed by atoms with van der Waals surface area (Å²) in [4.78, 5) is 0. The van der Waals surface area contributed by atoms with Gasteiger partial charge in [0.05, 0.1) is 11.0 Å². The summed E-state index contributed by atoms with van der Waals surface area (Å²) in [6, 6.07) is 115. The second-order valence-electron chi connectivity index (χ2n) is 28.0. The van der Waals surface area contributed by atoms with Gasteiger partial charge in [0.25, 0.3) is 13.4 Å². The van der Waals surface area contributed by atoms with E-state index in [0.717, 1.165) is 56.5 Å². The molecule has 0 saturated carbocycles. The van der Waals surface area contributed by atoms with Gasteiger partial charge in [0.15, 0.2) is 0 Å². The molecule has 100 heavy (non-hydrogen) atoms. The summed E-state index contributed by atoms with van der Waals surface area (Å²) in [6.45, 7) is 6.47. The van der Waals surface area contributed by atoms with Crippen LogP contribution < -0.4 is 42.3 Å². The van der Waals surface area contributed by atoms with E-state index in [0.29, 0.717) is 6.42 Å². The highest BCUT2D eigenvalue weighted by molar-refractivity contribution is 7.00. The molecule has 0 saturated heterocycles. The highest BCUT2D eigenvalue weighted by Gasteiger charge is 2.44. The summed E-state index contributed by atoms with van der Waals surface area (Å²) in [5.74, 6) is 3.58. The third-order valence-electron chi connectivity index (χ3n) is 22.0. The maximum atomic E-state index is 7.39. The van der Waals surface area contributed by atoms with Crippen LogP contribution >= 0.6 is 0 Å². The maximum absolute atomic E-state index is 7.39. The first-order chi connectivity index (χ1) is 49.3. The average Bonchev–Trinajstić information content (AvgIpc) is 1.45. The molecule has 15 aromatic carbocycles. The van der Waals surface area contributed by atoms with Crippen molar-refractivity contribution in [3.05, 3.63) is 337 Å². The fourth-order valence-electron chi connectivity index (χ4n) is 17.8. The minimum Gasteiger partial charge on any atom is -0.458 e. The zero-order valence-corrected chi connectivity index (χ0v) is 55.5. The Balaban J connectivity index is 0.729. The van der Waals surface area contributed by atoms with Crippen LogP contribution in [0.3, 0.4) is 0 Å². The molecule has 0 aliphatic carbocycles. The smallest absolute Gasteiger partial charge is 0.256 e. The standard InChI is InChI=1S/C94H62B2N2O2/c1-56-40-57(2)90(58(3)41-56)73-54-85-92-89(55-73)100-87-39-35-70(51-79(87)96(92)81-53-72(65-29-17-8-18-30-65)49-77-75-47-68(62-23-11-5-12-24-62)33-37-83(75)98(85)94(77)81)66-31-19-20-59(43-66)42-60-44-84-91-88(45-60)99-86-38-34-69(63-25-13-6-14-26-63)50-78(86)95(91)80-52-71(64-27-15-7-16-28-64)48-76-74-46-67(61-21-9-4-10-22-61)32-36-82(74)97(84)93(76)80/h4-41,43-55H,42H2,1-3H3. The Morgan fingerprint density at radius 3 is 1.15 bits per heavy atom. The number of ether oxygens (including phenoxy) is 2. The second kappa shape index (κ2) is 21.8. The number of fused-ring (bicyclic) bond motifs is 14. The van der Waals surface area contributed by atoms with Crippen molar-refractivity contribution in [2.75, 3.05) is 0 Å². The summed E-state index contributed by atoms with van der Waals surface area (Å²) in [5, 5.41) is 4.95. The Morgan fingerprint density at radius 1 is 0.270 bits per heavy atom. The van der Waals surface area contributed by atoms with Gasteiger partial charge in [-0.25, -0.2) is 0 Å². The number of hydrogen-bond acceptors (Lipinski definition) is 2. The quantitative estimate of drug-likeness (QED) is 0.135. The number of aromatic nitrogens is 2. The lowest BCUT2D eigenvalue weighted by molar-refractivity contribution is 0.486. The van der Waals surface area contributed by atoms with Crippen LogP contribution in [0, 0.1) is 20.8 Å². The lowest BCUT2D eigenvalue weighted by Crippen LogP contribution is -2.58. The van der Waals surface area contributed by atoms with Gasteiger partial charge in [-0.05, 0) is 233 Å². The van der Waals surface area contributed by atoms with E-state index in [1.165, 1.54) is 160 Å². The van der Waals surface area contributed by atoms with Crippen molar-refractivity contribution in [1.29, 1.82) is 0 Å². The summed E-state index contributed by atoms with van der Waals surface area (Å²) in [6.07, 6.45) is 0.693. The van der Waals surface area contributed by atoms with Crippen molar-refractivity contribution in [1.82, 2.24) is 9.13 Å². The normalized spacial score (nSPS) is 12.7. The molecule has 0 N–H and O–H groups in total. The van der Waals surface area contributed by atoms with E-state index in [-0.39, 0.29) is 13.4 Å². The predicted octanol–water partition coefficient (Wildman–Crippen LogP) is 19.9. The Kier molecular flexibility index (Phi) is 12.4. The molecule has 0 unspecified atom stereocenters. The second-order valence-corrected chi connectivity index (χ2v) is 28.0. The molecule has 0 fully saturated rings. The molecule has 4 nitrogen and oxygen atoms in total. The molecule has 0 amide bonds. The lowest BCUT2D eigenvalue weighted by Gasteiger charge is -2.34. The van der Waals surface area contributed by atoms with Crippen LogP contribution in [0.4, 0.5) is 0 Å². The maximum Gasteiger partial charge on any atom is 0.256 e. The monoisotopic (exact) mass is 1270 g/mol. The predicted molar refractivity (Wildman–Crippen MR) is 419 cm³/mol. The summed E-state index contributed by atoms with van der Waals surface area (Å²) >= 11 is 0. The number of aryl methyl sites for hydroxylation is 3. The molecule has 0 spiro atoms. The molecule has 4 aliphatic heterocycles. The molecular weight excluding hydrogens is 1210 g/mol. The summed E-state index contributed by atoms with van der Waals surface area (Å²) in [5.41, 5.74) is 37.3.